The number of phenols is 2. The van der Waals surface area contributed by atoms with Crippen LogP contribution in [0.1, 0.15) is 56.6 Å². The number of aliphatic carboxylic acids is 1. The zero-order valence-electron chi connectivity index (χ0n) is 12.1. The second-order valence-electron chi connectivity index (χ2n) is 5.19. The van der Waals surface area contributed by atoms with Crippen LogP contribution in [-0.4, -0.2) is 21.3 Å². The van der Waals surface area contributed by atoms with E-state index in [2.05, 4.69) is 6.92 Å². The molecule has 0 fully saturated rings. The molecule has 0 aromatic heterocycles. The number of benzene rings is 1. The van der Waals surface area contributed by atoms with Gasteiger partial charge in [0.05, 0.1) is 6.42 Å². The number of hydrogen-bond acceptors (Lipinski definition) is 3. The zero-order valence-corrected chi connectivity index (χ0v) is 12.1. The lowest BCUT2D eigenvalue weighted by molar-refractivity contribution is -0.136. The van der Waals surface area contributed by atoms with Crippen molar-refractivity contribution in [3.63, 3.8) is 0 Å². The predicted octanol–water partition coefficient (Wildman–Crippen LogP) is 3.63. The average Bonchev–Trinajstić information content (AvgIpc) is 2.35. The van der Waals surface area contributed by atoms with E-state index in [1.54, 1.807) is 0 Å². The van der Waals surface area contributed by atoms with E-state index in [-0.39, 0.29) is 17.9 Å². The van der Waals surface area contributed by atoms with Crippen molar-refractivity contribution in [2.45, 2.75) is 58.3 Å². The fourth-order valence-electron chi connectivity index (χ4n) is 2.39. The fraction of sp³-hybridized carbons (Fsp3) is 0.562. The van der Waals surface area contributed by atoms with Crippen molar-refractivity contribution >= 4 is 5.97 Å². The Hall–Kier alpha value is -1.71. The highest BCUT2D eigenvalue weighted by atomic mass is 16.4. The van der Waals surface area contributed by atoms with E-state index < -0.39 is 5.97 Å². The van der Waals surface area contributed by atoms with Crippen LogP contribution in [0.3, 0.4) is 0 Å². The van der Waals surface area contributed by atoms with Crippen molar-refractivity contribution in [1.29, 1.82) is 0 Å². The number of phenolic OH excluding ortho intramolecular Hbond substituents is 2. The summed E-state index contributed by atoms with van der Waals surface area (Å²) in [4.78, 5) is 10.8. The van der Waals surface area contributed by atoms with E-state index >= 15 is 0 Å². The number of carboxylic acid groups (broad SMARTS) is 1. The molecular weight excluding hydrogens is 256 g/mol. The highest BCUT2D eigenvalue weighted by Gasteiger charge is 2.12. The zero-order chi connectivity index (χ0) is 15.0. The van der Waals surface area contributed by atoms with Gasteiger partial charge in [-0.15, -0.1) is 0 Å². The minimum atomic E-state index is -0.959. The Balaban J connectivity index is 2.60. The number of unbranched alkanes of at least 4 members (excludes halogenated alkanes) is 5. The minimum Gasteiger partial charge on any atom is -0.508 e. The molecule has 1 rings (SSSR count). The lowest BCUT2D eigenvalue weighted by atomic mass is 9.97. The van der Waals surface area contributed by atoms with Crippen LogP contribution in [0.5, 0.6) is 11.5 Å². The number of carbonyl (C=O) groups is 1. The third-order valence-corrected chi connectivity index (χ3v) is 3.43. The Bertz CT molecular complexity index is 440. The van der Waals surface area contributed by atoms with E-state index in [4.69, 9.17) is 5.11 Å². The molecule has 3 N–H and O–H groups in total. The van der Waals surface area contributed by atoms with Crippen molar-refractivity contribution in [2.75, 3.05) is 0 Å². The van der Waals surface area contributed by atoms with Crippen molar-refractivity contribution in [1.82, 2.24) is 0 Å². The van der Waals surface area contributed by atoms with Crippen LogP contribution >= 0.6 is 0 Å². The lowest BCUT2D eigenvalue weighted by Crippen LogP contribution is -2.04. The summed E-state index contributed by atoms with van der Waals surface area (Å²) in [6, 6.07) is 2.71. The summed E-state index contributed by atoms with van der Waals surface area (Å²) >= 11 is 0. The lowest BCUT2D eigenvalue weighted by Gasteiger charge is -2.11. The first-order chi connectivity index (χ1) is 9.54. The van der Waals surface area contributed by atoms with Crippen molar-refractivity contribution in [2.24, 2.45) is 0 Å². The maximum atomic E-state index is 10.8. The normalized spacial score (nSPS) is 10.7. The van der Waals surface area contributed by atoms with Crippen LogP contribution < -0.4 is 0 Å². The van der Waals surface area contributed by atoms with Crippen LogP contribution in [0, 0.1) is 0 Å². The third-order valence-electron chi connectivity index (χ3n) is 3.43. The standard InChI is InChI=1S/C16H24O4/c1-2-3-4-5-6-7-8-14-12(10-16(19)20)9-13(17)11-15(14)18/h9,11,17-18H,2-8,10H2,1H3,(H,19,20). The van der Waals surface area contributed by atoms with Crippen molar-refractivity contribution in [3.8, 4) is 11.5 Å². The SMILES string of the molecule is CCCCCCCCc1c(O)cc(O)cc1CC(=O)O. The van der Waals surface area contributed by atoms with Gasteiger partial charge in [-0.05, 0) is 30.0 Å². The predicted molar refractivity (Wildman–Crippen MR) is 78.2 cm³/mol. The Morgan fingerprint density at radius 1 is 1.05 bits per heavy atom. The summed E-state index contributed by atoms with van der Waals surface area (Å²) in [6.45, 7) is 2.17. The van der Waals surface area contributed by atoms with Gasteiger partial charge in [0, 0.05) is 6.07 Å². The molecule has 0 spiro atoms. The molecule has 0 aliphatic heterocycles. The summed E-state index contributed by atoms with van der Waals surface area (Å²) in [5, 5.41) is 28.2. The van der Waals surface area contributed by atoms with Crippen LogP contribution in [0.4, 0.5) is 0 Å². The Labute approximate surface area is 120 Å². The molecule has 0 bridgehead atoms. The molecule has 4 nitrogen and oxygen atoms in total. The third kappa shape index (κ3) is 5.51. The van der Waals surface area contributed by atoms with Crippen LogP contribution in [0.2, 0.25) is 0 Å². The molecule has 0 unspecified atom stereocenters. The van der Waals surface area contributed by atoms with Gasteiger partial charge in [0.25, 0.3) is 0 Å². The highest BCUT2D eigenvalue weighted by Crippen LogP contribution is 2.29. The average molecular weight is 280 g/mol. The molecular formula is C16H24O4. The number of carboxylic acids is 1. The number of hydrogen-bond donors (Lipinski definition) is 3. The minimum absolute atomic E-state index is 0.00481. The van der Waals surface area contributed by atoms with Gasteiger partial charge in [0.15, 0.2) is 0 Å². The van der Waals surface area contributed by atoms with Gasteiger partial charge in [-0.2, -0.15) is 0 Å². The van der Waals surface area contributed by atoms with Gasteiger partial charge in [0.1, 0.15) is 11.5 Å². The molecule has 20 heavy (non-hydrogen) atoms. The second-order valence-corrected chi connectivity index (χ2v) is 5.19. The molecule has 0 saturated carbocycles. The molecule has 112 valence electrons. The Kier molecular flexibility index (Phi) is 6.91. The first-order valence-corrected chi connectivity index (χ1v) is 7.30. The van der Waals surface area contributed by atoms with Gasteiger partial charge < -0.3 is 15.3 Å². The van der Waals surface area contributed by atoms with E-state index in [1.807, 2.05) is 0 Å². The molecule has 0 heterocycles. The molecule has 0 saturated heterocycles. The Morgan fingerprint density at radius 2 is 1.70 bits per heavy atom. The fourth-order valence-corrected chi connectivity index (χ4v) is 2.39. The van der Waals surface area contributed by atoms with Crippen LogP contribution in [0.25, 0.3) is 0 Å². The summed E-state index contributed by atoms with van der Waals surface area (Å²) in [7, 11) is 0. The molecule has 1 aromatic rings. The molecule has 4 heteroatoms. The number of aromatic hydroxyl groups is 2. The Morgan fingerprint density at radius 3 is 2.35 bits per heavy atom. The summed E-state index contributed by atoms with van der Waals surface area (Å²) < 4.78 is 0. The molecule has 0 amide bonds. The van der Waals surface area contributed by atoms with E-state index in [1.165, 1.54) is 37.8 Å². The smallest absolute Gasteiger partial charge is 0.307 e. The van der Waals surface area contributed by atoms with Crippen molar-refractivity contribution in [3.05, 3.63) is 23.3 Å². The second kappa shape index (κ2) is 8.46. The van der Waals surface area contributed by atoms with Crippen molar-refractivity contribution < 1.29 is 20.1 Å². The van der Waals surface area contributed by atoms with Gasteiger partial charge in [-0.3, -0.25) is 4.79 Å². The van der Waals surface area contributed by atoms with Gasteiger partial charge >= 0.3 is 5.97 Å². The van der Waals surface area contributed by atoms with E-state index in [9.17, 15) is 15.0 Å². The summed E-state index contributed by atoms with van der Waals surface area (Å²) in [5.74, 6) is -1.06. The van der Waals surface area contributed by atoms with Crippen LogP contribution in [-0.2, 0) is 17.6 Å². The quantitative estimate of drug-likeness (QED) is 0.604. The summed E-state index contributed by atoms with van der Waals surface area (Å²) in [5.41, 5.74) is 1.16. The highest BCUT2D eigenvalue weighted by molar-refractivity contribution is 5.71. The first kappa shape index (κ1) is 16.3. The van der Waals surface area contributed by atoms with Gasteiger partial charge in [-0.25, -0.2) is 0 Å². The topological polar surface area (TPSA) is 77.8 Å². The first-order valence-electron chi connectivity index (χ1n) is 7.30. The maximum Gasteiger partial charge on any atom is 0.307 e. The molecule has 0 aliphatic carbocycles. The summed E-state index contributed by atoms with van der Waals surface area (Å²) in [6.07, 6.45) is 7.33. The largest absolute Gasteiger partial charge is 0.508 e. The van der Waals surface area contributed by atoms with E-state index in [0.29, 0.717) is 17.5 Å². The van der Waals surface area contributed by atoms with Gasteiger partial charge in [0.2, 0.25) is 0 Å². The maximum absolute atomic E-state index is 10.8. The van der Waals surface area contributed by atoms with Gasteiger partial charge in [-0.1, -0.05) is 39.0 Å². The van der Waals surface area contributed by atoms with E-state index in [0.717, 1.165) is 12.8 Å². The molecule has 0 radical (unpaired) electrons. The molecule has 1 aromatic carbocycles. The number of rotatable bonds is 9. The molecule has 0 atom stereocenters. The monoisotopic (exact) mass is 280 g/mol. The molecule has 0 aliphatic rings. The van der Waals surface area contributed by atoms with Crippen LogP contribution in [0.15, 0.2) is 12.1 Å².